The normalized spacial score (nSPS) is 10.4. The number of rotatable bonds is 10. The lowest BCUT2D eigenvalue weighted by Gasteiger charge is -2.07. The molecule has 1 aromatic rings. The van der Waals surface area contributed by atoms with Gasteiger partial charge in [0.05, 0.1) is 26.2 Å². The molecule has 0 spiro atoms. The Balaban J connectivity index is 2.14. The fraction of sp³-hybridized carbons (Fsp3) is 0.500. The number of amides is 1. The largest absolute Gasteiger partial charge is 0.491 e. The van der Waals surface area contributed by atoms with E-state index in [1.165, 1.54) is 0 Å². The lowest BCUT2D eigenvalue weighted by Crippen LogP contribution is -2.13. The molecule has 0 unspecified atom stereocenters. The summed E-state index contributed by atoms with van der Waals surface area (Å²) in [6.45, 7) is 4.85. The third-order valence-electron chi connectivity index (χ3n) is 2.37. The molecule has 0 aliphatic carbocycles. The van der Waals surface area contributed by atoms with Gasteiger partial charge in [0.2, 0.25) is 5.91 Å². The molecule has 19 heavy (non-hydrogen) atoms. The highest BCUT2D eigenvalue weighted by Gasteiger charge is 1.99. The van der Waals surface area contributed by atoms with E-state index in [-0.39, 0.29) is 12.3 Å². The summed E-state index contributed by atoms with van der Waals surface area (Å²) in [4.78, 5) is 10.7. The molecule has 0 saturated heterocycles. The van der Waals surface area contributed by atoms with Crippen molar-refractivity contribution in [3.63, 3.8) is 0 Å². The van der Waals surface area contributed by atoms with Crippen molar-refractivity contribution in [2.24, 2.45) is 5.73 Å². The molecule has 0 radical (unpaired) electrons. The molecule has 1 amide bonds. The first-order valence-electron chi connectivity index (χ1n) is 6.38. The van der Waals surface area contributed by atoms with Crippen LogP contribution in [0.25, 0.3) is 0 Å². The van der Waals surface area contributed by atoms with Crippen LogP contribution in [0.1, 0.15) is 12.5 Å². The highest BCUT2D eigenvalue weighted by atomic mass is 16.5. The second kappa shape index (κ2) is 9.35. The van der Waals surface area contributed by atoms with Crippen molar-refractivity contribution in [3.8, 4) is 5.75 Å². The SMILES string of the molecule is CCOCCOCCOc1ccc(CC(N)=O)cc1. The van der Waals surface area contributed by atoms with Crippen molar-refractivity contribution in [1.29, 1.82) is 0 Å². The Labute approximate surface area is 113 Å². The van der Waals surface area contributed by atoms with Crippen LogP contribution in [0.5, 0.6) is 5.75 Å². The van der Waals surface area contributed by atoms with Gasteiger partial charge in [-0.1, -0.05) is 12.1 Å². The second-order valence-corrected chi connectivity index (χ2v) is 3.94. The molecule has 5 heteroatoms. The number of nitrogens with two attached hydrogens (primary N) is 1. The van der Waals surface area contributed by atoms with Gasteiger partial charge in [-0.2, -0.15) is 0 Å². The first-order chi connectivity index (χ1) is 9.22. The number of benzene rings is 1. The topological polar surface area (TPSA) is 70.8 Å². The summed E-state index contributed by atoms with van der Waals surface area (Å²) in [5.41, 5.74) is 6.00. The minimum atomic E-state index is -0.337. The second-order valence-electron chi connectivity index (χ2n) is 3.94. The molecule has 2 N–H and O–H groups in total. The van der Waals surface area contributed by atoms with Crippen LogP contribution >= 0.6 is 0 Å². The summed E-state index contributed by atoms with van der Waals surface area (Å²) in [6, 6.07) is 7.29. The summed E-state index contributed by atoms with van der Waals surface area (Å²) in [5.74, 6) is 0.415. The van der Waals surface area contributed by atoms with Crippen LogP contribution in [-0.2, 0) is 20.7 Å². The van der Waals surface area contributed by atoms with Crippen LogP contribution in [-0.4, -0.2) is 38.9 Å². The summed E-state index contributed by atoms with van der Waals surface area (Å²) in [5, 5.41) is 0. The summed E-state index contributed by atoms with van der Waals surface area (Å²) >= 11 is 0. The van der Waals surface area contributed by atoms with E-state index in [0.717, 1.165) is 11.3 Å². The Kier molecular flexibility index (Phi) is 7.62. The van der Waals surface area contributed by atoms with Crippen molar-refractivity contribution in [1.82, 2.24) is 0 Å². The van der Waals surface area contributed by atoms with E-state index >= 15 is 0 Å². The molecular weight excluding hydrogens is 246 g/mol. The molecule has 1 aromatic carbocycles. The fourth-order valence-electron chi connectivity index (χ4n) is 1.49. The molecule has 0 fully saturated rings. The molecule has 0 saturated carbocycles. The van der Waals surface area contributed by atoms with Crippen LogP contribution < -0.4 is 10.5 Å². The third kappa shape index (κ3) is 7.43. The van der Waals surface area contributed by atoms with Gasteiger partial charge in [-0.3, -0.25) is 4.79 Å². The van der Waals surface area contributed by atoms with Crippen LogP contribution in [0.2, 0.25) is 0 Å². The average Bonchev–Trinajstić information content (AvgIpc) is 2.39. The smallest absolute Gasteiger partial charge is 0.221 e. The molecule has 0 aromatic heterocycles. The van der Waals surface area contributed by atoms with Crippen molar-refractivity contribution >= 4 is 5.91 Å². The predicted octanol–water partition coefficient (Wildman–Crippen LogP) is 1.15. The number of hydrogen-bond donors (Lipinski definition) is 1. The maximum absolute atomic E-state index is 10.7. The minimum Gasteiger partial charge on any atom is -0.491 e. The third-order valence-corrected chi connectivity index (χ3v) is 2.37. The zero-order valence-corrected chi connectivity index (χ0v) is 11.3. The molecule has 0 aliphatic rings. The average molecular weight is 267 g/mol. The van der Waals surface area contributed by atoms with Gasteiger partial charge < -0.3 is 19.9 Å². The highest BCUT2D eigenvalue weighted by Crippen LogP contribution is 2.12. The van der Waals surface area contributed by atoms with E-state index in [2.05, 4.69) is 0 Å². The van der Waals surface area contributed by atoms with E-state index in [4.69, 9.17) is 19.9 Å². The molecular formula is C14H21NO4. The van der Waals surface area contributed by atoms with Crippen molar-refractivity contribution < 1.29 is 19.0 Å². The minimum absolute atomic E-state index is 0.251. The number of carbonyl (C=O) groups is 1. The van der Waals surface area contributed by atoms with Gasteiger partial charge >= 0.3 is 0 Å². The van der Waals surface area contributed by atoms with E-state index in [1.54, 1.807) is 0 Å². The van der Waals surface area contributed by atoms with Crippen LogP contribution in [0.4, 0.5) is 0 Å². The van der Waals surface area contributed by atoms with Gasteiger partial charge in [0.15, 0.2) is 0 Å². The van der Waals surface area contributed by atoms with Gasteiger partial charge in [-0.15, -0.1) is 0 Å². The number of hydrogen-bond acceptors (Lipinski definition) is 4. The molecule has 1 rings (SSSR count). The van der Waals surface area contributed by atoms with Crippen molar-refractivity contribution in [2.75, 3.05) is 33.0 Å². The highest BCUT2D eigenvalue weighted by molar-refractivity contribution is 5.76. The number of primary amides is 1. The zero-order chi connectivity index (χ0) is 13.9. The van der Waals surface area contributed by atoms with E-state index in [0.29, 0.717) is 33.0 Å². The molecule has 0 atom stereocenters. The first-order valence-corrected chi connectivity index (χ1v) is 6.38. The predicted molar refractivity (Wildman–Crippen MR) is 72.1 cm³/mol. The van der Waals surface area contributed by atoms with Crippen LogP contribution in [0.15, 0.2) is 24.3 Å². The molecule has 106 valence electrons. The Morgan fingerprint density at radius 2 is 1.68 bits per heavy atom. The van der Waals surface area contributed by atoms with Crippen molar-refractivity contribution in [2.45, 2.75) is 13.3 Å². The van der Waals surface area contributed by atoms with Gasteiger partial charge in [0.1, 0.15) is 12.4 Å². The first kappa shape index (κ1) is 15.5. The maximum Gasteiger partial charge on any atom is 0.221 e. The Bertz CT molecular complexity index is 364. The van der Waals surface area contributed by atoms with Crippen LogP contribution in [0.3, 0.4) is 0 Å². The molecule has 5 nitrogen and oxygen atoms in total. The summed E-state index contributed by atoms with van der Waals surface area (Å²) < 4.78 is 16.0. The van der Waals surface area contributed by atoms with Gasteiger partial charge in [-0.05, 0) is 24.6 Å². The lowest BCUT2D eigenvalue weighted by molar-refractivity contribution is -0.117. The van der Waals surface area contributed by atoms with E-state index in [1.807, 2.05) is 31.2 Å². The number of ether oxygens (including phenoxy) is 3. The molecule has 0 bridgehead atoms. The van der Waals surface area contributed by atoms with Crippen molar-refractivity contribution in [3.05, 3.63) is 29.8 Å². The fourth-order valence-corrected chi connectivity index (χ4v) is 1.49. The molecule has 0 aliphatic heterocycles. The maximum atomic E-state index is 10.7. The Hall–Kier alpha value is -1.59. The van der Waals surface area contributed by atoms with E-state index in [9.17, 15) is 4.79 Å². The Morgan fingerprint density at radius 3 is 2.32 bits per heavy atom. The standard InChI is InChI=1S/C14H21NO4/c1-2-17-7-8-18-9-10-19-13-5-3-12(4-6-13)11-14(15)16/h3-6H,2,7-11H2,1H3,(H2,15,16). The summed E-state index contributed by atoms with van der Waals surface area (Å²) in [7, 11) is 0. The molecule has 0 heterocycles. The zero-order valence-electron chi connectivity index (χ0n) is 11.3. The number of carbonyl (C=O) groups excluding carboxylic acids is 1. The van der Waals surface area contributed by atoms with Gasteiger partial charge in [0.25, 0.3) is 0 Å². The van der Waals surface area contributed by atoms with Crippen LogP contribution in [0, 0.1) is 0 Å². The quantitative estimate of drug-likeness (QED) is 0.645. The summed E-state index contributed by atoms with van der Waals surface area (Å²) in [6.07, 6.45) is 0.251. The monoisotopic (exact) mass is 267 g/mol. The lowest BCUT2D eigenvalue weighted by atomic mass is 10.1. The Morgan fingerprint density at radius 1 is 1.05 bits per heavy atom. The van der Waals surface area contributed by atoms with Gasteiger partial charge in [-0.25, -0.2) is 0 Å². The van der Waals surface area contributed by atoms with Gasteiger partial charge in [0, 0.05) is 6.61 Å². The van der Waals surface area contributed by atoms with E-state index < -0.39 is 0 Å².